The van der Waals surface area contributed by atoms with E-state index in [1.54, 1.807) is 5.82 Å². The first-order valence-electron chi connectivity index (χ1n) is 10.4. The molecule has 0 atom stereocenters. The molecule has 0 N–H and O–H groups in total. The Labute approximate surface area is 145 Å². The van der Waals surface area contributed by atoms with Crippen LogP contribution in [0.2, 0.25) is 0 Å². The van der Waals surface area contributed by atoms with Gasteiger partial charge in [0.1, 0.15) is 12.4 Å². The monoisotopic (exact) mass is 321 g/mol. The van der Waals surface area contributed by atoms with Crippen LogP contribution in [-0.2, 0) is 19.5 Å². The number of aromatic nitrogens is 2. The Morgan fingerprint density at radius 3 is 1.96 bits per heavy atom. The minimum atomic E-state index is 1.19. The molecule has 134 valence electrons. The molecule has 2 nitrogen and oxygen atoms in total. The number of imidazole rings is 1. The Bertz CT molecular complexity index is 381. The third-order valence-corrected chi connectivity index (χ3v) is 4.82. The number of hydrogen-bond acceptors (Lipinski definition) is 0. The van der Waals surface area contributed by atoms with E-state index in [4.69, 9.17) is 0 Å². The van der Waals surface area contributed by atoms with Gasteiger partial charge in [-0.15, -0.1) is 0 Å². The summed E-state index contributed by atoms with van der Waals surface area (Å²) in [6, 6.07) is 0. The maximum absolute atomic E-state index is 2.51. The van der Waals surface area contributed by atoms with Crippen LogP contribution in [0, 0.1) is 0 Å². The lowest BCUT2D eigenvalue weighted by Crippen LogP contribution is -2.37. The van der Waals surface area contributed by atoms with Crippen LogP contribution >= 0.6 is 0 Å². The van der Waals surface area contributed by atoms with Gasteiger partial charge in [-0.2, -0.15) is 0 Å². The first-order valence-corrected chi connectivity index (χ1v) is 10.4. The first-order chi connectivity index (χ1) is 11.3. The van der Waals surface area contributed by atoms with Crippen molar-refractivity contribution in [1.29, 1.82) is 0 Å². The molecule has 1 rings (SSSR count). The summed E-state index contributed by atoms with van der Waals surface area (Å²) in [6.45, 7) is 9.26. The van der Waals surface area contributed by atoms with Crippen LogP contribution in [0.1, 0.15) is 104 Å². The van der Waals surface area contributed by atoms with Crippen LogP contribution in [0.5, 0.6) is 0 Å². The third-order valence-electron chi connectivity index (χ3n) is 4.82. The number of aryl methyl sites for hydroxylation is 2. The van der Waals surface area contributed by atoms with E-state index in [2.05, 4.69) is 42.3 Å². The average molecular weight is 322 g/mol. The van der Waals surface area contributed by atoms with Crippen molar-refractivity contribution in [3.63, 3.8) is 0 Å². The van der Waals surface area contributed by atoms with Gasteiger partial charge in [0.25, 0.3) is 5.82 Å². The summed E-state index contributed by atoms with van der Waals surface area (Å²) in [6.07, 6.45) is 22.4. The normalized spacial score (nSPS) is 11.3. The summed E-state index contributed by atoms with van der Waals surface area (Å²) >= 11 is 0. The summed E-state index contributed by atoms with van der Waals surface area (Å²) < 4.78 is 5.00. The fraction of sp³-hybridized carbons (Fsp3) is 0.857. The molecule has 0 aliphatic heterocycles. The first kappa shape index (κ1) is 20.3. The topological polar surface area (TPSA) is 8.81 Å². The highest BCUT2D eigenvalue weighted by Gasteiger charge is 2.15. The number of nitrogens with zero attached hydrogens (tertiary/aromatic N) is 2. The van der Waals surface area contributed by atoms with Crippen LogP contribution in [0.4, 0.5) is 0 Å². The van der Waals surface area contributed by atoms with E-state index in [1.807, 2.05) is 0 Å². The highest BCUT2D eigenvalue weighted by atomic mass is 15.1. The largest absolute Gasteiger partial charge is 0.256 e. The smallest absolute Gasteiger partial charge is 0.234 e. The SMILES string of the molecule is CCCCCCCCCCC[n+]1ccn(CCCC)c1CCC. The lowest BCUT2D eigenvalue weighted by atomic mass is 10.1. The molecule has 0 saturated carbocycles. The van der Waals surface area contributed by atoms with Crippen molar-refractivity contribution in [1.82, 2.24) is 4.57 Å². The van der Waals surface area contributed by atoms with E-state index >= 15 is 0 Å². The standard InChI is InChI=1S/C21H41N2/c1-4-7-9-10-11-12-13-14-15-18-23-20-19-22(17-8-5-2)21(23)16-6-3/h19-20H,4-18H2,1-3H3/q+1. The Kier molecular flexibility index (Phi) is 12.0. The summed E-state index contributed by atoms with van der Waals surface area (Å²) in [4.78, 5) is 0. The van der Waals surface area contributed by atoms with Gasteiger partial charge >= 0.3 is 0 Å². The number of unbranched alkanes of at least 4 members (excludes halogenated alkanes) is 9. The maximum Gasteiger partial charge on any atom is 0.256 e. The van der Waals surface area contributed by atoms with Gasteiger partial charge in [-0.3, -0.25) is 0 Å². The molecule has 0 spiro atoms. The summed E-state index contributed by atoms with van der Waals surface area (Å²) in [5.41, 5.74) is 0. The molecule has 2 heteroatoms. The lowest BCUT2D eigenvalue weighted by molar-refractivity contribution is -0.704. The van der Waals surface area contributed by atoms with Crippen molar-refractivity contribution in [3.8, 4) is 0 Å². The summed E-state index contributed by atoms with van der Waals surface area (Å²) in [5.74, 6) is 1.54. The Balaban J connectivity index is 2.22. The van der Waals surface area contributed by atoms with E-state index in [1.165, 1.54) is 96.6 Å². The zero-order valence-corrected chi connectivity index (χ0v) is 16.2. The Morgan fingerprint density at radius 1 is 0.739 bits per heavy atom. The molecule has 23 heavy (non-hydrogen) atoms. The molecular weight excluding hydrogens is 280 g/mol. The molecule has 0 aliphatic rings. The van der Waals surface area contributed by atoms with E-state index in [-0.39, 0.29) is 0 Å². The van der Waals surface area contributed by atoms with E-state index in [0.29, 0.717) is 0 Å². The van der Waals surface area contributed by atoms with Crippen molar-refractivity contribution in [3.05, 3.63) is 18.2 Å². The van der Waals surface area contributed by atoms with Crippen LogP contribution in [-0.4, -0.2) is 4.57 Å². The molecule has 0 radical (unpaired) electrons. The van der Waals surface area contributed by atoms with E-state index in [0.717, 1.165) is 0 Å². The molecule has 1 aromatic rings. The Morgan fingerprint density at radius 2 is 1.35 bits per heavy atom. The minimum Gasteiger partial charge on any atom is -0.234 e. The van der Waals surface area contributed by atoms with Crippen LogP contribution in [0.3, 0.4) is 0 Å². The quantitative estimate of drug-likeness (QED) is 0.274. The van der Waals surface area contributed by atoms with E-state index < -0.39 is 0 Å². The van der Waals surface area contributed by atoms with Gasteiger partial charge in [-0.05, 0) is 25.7 Å². The minimum absolute atomic E-state index is 1.19. The average Bonchev–Trinajstić information content (AvgIpc) is 2.94. The number of rotatable bonds is 15. The molecule has 0 amide bonds. The summed E-state index contributed by atoms with van der Waals surface area (Å²) in [7, 11) is 0. The van der Waals surface area contributed by atoms with Crippen LogP contribution < -0.4 is 4.57 Å². The fourth-order valence-corrected chi connectivity index (χ4v) is 3.34. The van der Waals surface area contributed by atoms with Gasteiger partial charge in [-0.25, -0.2) is 9.13 Å². The van der Waals surface area contributed by atoms with Gasteiger partial charge in [0, 0.05) is 6.42 Å². The predicted molar refractivity (Wildman–Crippen MR) is 101 cm³/mol. The van der Waals surface area contributed by atoms with Gasteiger partial charge in [0.2, 0.25) is 0 Å². The van der Waals surface area contributed by atoms with Gasteiger partial charge in [0.05, 0.1) is 13.1 Å². The molecule has 0 saturated heterocycles. The molecule has 0 aromatic carbocycles. The molecule has 1 aromatic heterocycles. The molecule has 0 aliphatic carbocycles. The van der Waals surface area contributed by atoms with Crippen molar-refractivity contribution in [2.24, 2.45) is 0 Å². The highest BCUT2D eigenvalue weighted by molar-refractivity contribution is 4.83. The summed E-state index contributed by atoms with van der Waals surface area (Å²) in [5, 5.41) is 0. The third kappa shape index (κ3) is 8.58. The molecule has 1 heterocycles. The second kappa shape index (κ2) is 13.6. The molecule has 0 fully saturated rings. The van der Waals surface area contributed by atoms with Crippen molar-refractivity contribution < 1.29 is 4.57 Å². The van der Waals surface area contributed by atoms with Crippen molar-refractivity contribution >= 4 is 0 Å². The van der Waals surface area contributed by atoms with Gasteiger partial charge in [-0.1, -0.05) is 72.1 Å². The Hall–Kier alpha value is -0.790. The molecule has 0 unspecified atom stereocenters. The fourth-order valence-electron chi connectivity index (χ4n) is 3.34. The van der Waals surface area contributed by atoms with Crippen LogP contribution in [0.15, 0.2) is 12.4 Å². The van der Waals surface area contributed by atoms with Gasteiger partial charge in [0.15, 0.2) is 0 Å². The number of hydrogen-bond donors (Lipinski definition) is 0. The van der Waals surface area contributed by atoms with Gasteiger partial charge < -0.3 is 0 Å². The molecular formula is C21H41N2+. The highest BCUT2D eigenvalue weighted by Crippen LogP contribution is 2.10. The van der Waals surface area contributed by atoms with Crippen molar-refractivity contribution in [2.75, 3.05) is 0 Å². The van der Waals surface area contributed by atoms with Crippen LogP contribution in [0.25, 0.3) is 0 Å². The zero-order valence-electron chi connectivity index (χ0n) is 16.2. The second-order valence-corrected chi connectivity index (χ2v) is 7.03. The second-order valence-electron chi connectivity index (χ2n) is 7.03. The van der Waals surface area contributed by atoms with E-state index in [9.17, 15) is 0 Å². The van der Waals surface area contributed by atoms with Crippen molar-refractivity contribution in [2.45, 2.75) is 117 Å². The predicted octanol–water partition coefficient (Wildman–Crippen LogP) is 6.06. The molecule has 0 bridgehead atoms. The zero-order chi connectivity index (χ0) is 16.8. The maximum atomic E-state index is 2.51. The lowest BCUT2D eigenvalue weighted by Gasteiger charge is -2.05.